The van der Waals surface area contributed by atoms with Crippen molar-refractivity contribution in [3.63, 3.8) is 0 Å². The lowest BCUT2D eigenvalue weighted by Crippen LogP contribution is -2.24. The lowest BCUT2D eigenvalue weighted by molar-refractivity contribution is 0.0214. The number of benzene rings is 1. The Labute approximate surface area is 105 Å². The average molecular weight is 287 g/mol. The third-order valence-electron chi connectivity index (χ3n) is 2.92. The number of halogens is 1. The van der Waals surface area contributed by atoms with Gasteiger partial charge in [0, 0.05) is 4.47 Å². The quantitative estimate of drug-likeness (QED) is 0.873. The van der Waals surface area contributed by atoms with E-state index in [0.29, 0.717) is 6.42 Å². The maximum atomic E-state index is 9.71. The van der Waals surface area contributed by atoms with Crippen LogP contribution in [0.25, 0.3) is 0 Å². The van der Waals surface area contributed by atoms with Crippen LogP contribution < -0.4 is 0 Å². The monoisotopic (exact) mass is 286 g/mol. The summed E-state index contributed by atoms with van der Waals surface area (Å²) in [6.45, 7) is 3.72. The smallest absolute Gasteiger partial charge is 0.0802 e. The van der Waals surface area contributed by atoms with Crippen LogP contribution in [0.2, 0.25) is 0 Å². The van der Waals surface area contributed by atoms with Gasteiger partial charge in [-0.25, -0.2) is 0 Å². The van der Waals surface area contributed by atoms with Crippen molar-refractivity contribution < 1.29 is 10.2 Å². The maximum absolute atomic E-state index is 9.71. The molecular formula is C13H19BrO2. The standard InChI is InChI=1S/C13H19BrO2/c1-3-10(8-13(16)9(2)15)11-6-4-5-7-12(11)14/h4-7,9-10,13,15-16H,3,8H2,1-2H3. The minimum atomic E-state index is -0.670. The molecule has 16 heavy (non-hydrogen) atoms. The van der Waals surface area contributed by atoms with E-state index in [1.165, 1.54) is 5.56 Å². The molecule has 0 aromatic heterocycles. The van der Waals surface area contributed by atoms with E-state index in [4.69, 9.17) is 0 Å². The van der Waals surface area contributed by atoms with Gasteiger partial charge in [0.1, 0.15) is 0 Å². The van der Waals surface area contributed by atoms with E-state index in [9.17, 15) is 10.2 Å². The predicted octanol–water partition coefficient (Wildman–Crippen LogP) is 3.07. The van der Waals surface area contributed by atoms with Gasteiger partial charge in [0.05, 0.1) is 12.2 Å². The van der Waals surface area contributed by atoms with Crippen molar-refractivity contribution in [3.8, 4) is 0 Å². The zero-order chi connectivity index (χ0) is 12.1. The lowest BCUT2D eigenvalue weighted by Gasteiger charge is -2.22. The Morgan fingerprint density at radius 1 is 1.25 bits per heavy atom. The second-order valence-corrected chi connectivity index (χ2v) is 5.02. The third-order valence-corrected chi connectivity index (χ3v) is 3.64. The molecule has 0 heterocycles. The Hall–Kier alpha value is -0.380. The Kier molecular flexibility index (Phi) is 5.46. The molecule has 0 aliphatic heterocycles. The zero-order valence-electron chi connectivity index (χ0n) is 9.73. The Bertz CT molecular complexity index is 325. The first-order valence-electron chi connectivity index (χ1n) is 5.66. The summed E-state index contributed by atoms with van der Waals surface area (Å²) in [5, 5.41) is 19.0. The summed E-state index contributed by atoms with van der Waals surface area (Å²) in [5.74, 6) is 0.278. The second kappa shape index (κ2) is 6.38. The number of aliphatic hydroxyl groups excluding tert-OH is 2. The van der Waals surface area contributed by atoms with E-state index in [-0.39, 0.29) is 5.92 Å². The average Bonchev–Trinajstić information content (AvgIpc) is 2.26. The fourth-order valence-corrected chi connectivity index (χ4v) is 2.42. The summed E-state index contributed by atoms with van der Waals surface area (Å²) in [7, 11) is 0. The van der Waals surface area contributed by atoms with Crippen molar-refractivity contribution in [2.24, 2.45) is 0 Å². The molecule has 0 spiro atoms. The highest BCUT2D eigenvalue weighted by molar-refractivity contribution is 9.10. The van der Waals surface area contributed by atoms with Crippen molar-refractivity contribution >= 4 is 15.9 Å². The first kappa shape index (κ1) is 13.7. The molecule has 0 saturated heterocycles. The van der Waals surface area contributed by atoms with Gasteiger partial charge in [-0.15, -0.1) is 0 Å². The van der Waals surface area contributed by atoms with Crippen LogP contribution in [-0.4, -0.2) is 22.4 Å². The molecule has 0 aliphatic rings. The van der Waals surface area contributed by atoms with Gasteiger partial charge >= 0.3 is 0 Å². The van der Waals surface area contributed by atoms with E-state index >= 15 is 0 Å². The largest absolute Gasteiger partial charge is 0.391 e. The van der Waals surface area contributed by atoms with Gasteiger partial charge < -0.3 is 10.2 Å². The molecule has 0 radical (unpaired) electrons. The molecule has 0 amide bonds. The molecule has 3 heteroatoms. The fourth-order valence-electron chi connectivity index (χ4n) is 1.81. The Morgan fingerprint density at radius 3 is 2.38 bits per heavy atom. The highest BCUT2D eigenvalue weighted by atomic mass is 79.9. The van der Waals surface area contributed by atoms with E-state index < -0.39 is 12.2 Å². The number of rotatable bonds is 5. The SMILES string of the molecule is CCC(CC(O)C(C)O)c1ccccc1Br. The number of hydrogen-bond acceptors (Lipinski definition) is 2. The van der Waals surface area contributed by atoms with Crippen LogP contribution in [0.3, 0.4) is 0 Å². The van der Waals surface area contributed by atoms with Crippen LogP contribution in [0.5, 0.6) is 0 Å². The van der Waals surface area contributed by atoms with E-state index in [1.54, 1.807) is 6.92 Å². The number of hydrogen-bond donors (Lipinski definition) is 2. The highest BCUT2D eigenvalue weighted by Crippen LogP contribution is 2.31. The molecular weight excluding hydrogens is 268 g/mol. The minimum Gasteiger partial charge on any atom is -0.391 e. The summed E-state index contributed by atoms with van der Waals surface area (Å²) in [6.07, 6.45) is 0.219. The van der Waals surface area contributed by atoms with E-state index in [1.807, 2.05) is 18.2 Å². The summed E-state index contributed by atoms with van der Waals surface area (Å²) >= 11 is 3.52. The number of aliphatic hydroxyl groups is 2. The molecule has 0 bridgehead atoms. The Balaban J connectivity index is 2.79. The van der Waals surface area contributed by atoms with Gasteiger partial charge in [-0.1, -0.05) is 41.1 Å². The summed E-state index contributed by atoms with van der Waals surface area (Å²) in [4.78, 5) is 0. The van der Waals surface area contributed by atoms with Crippen LogP contribution in [-0.2, 0) is 0 Å². The van der Waals surface area contributed by atoms with Gasteiger partial charge in [0.15, 0.2) is 0 Å². The topological polar surface area (TPSA) is 40.5 Å². The summed E-state index contributed by atoms with van der Waals surface area (Å²) < 4.78 is 1.07. The third kappa shape index (κ3) is 3.58. The minimum absolute atomic E-state index is 0.278. The van der Waals surface area contributed by atoms with E-state index in [2.05, 4.69) is 28.9 Å². The molecule has 2 N–H and O–H groups in total. The summed E-state index contributed by atoms with van der Waals surface area (Å²) in [6, 6.07) is 8.04. The van der Waals surface area contributed by atoms with Crippen molar-refractivity contribution in [3.05, 3.63) is 34.3 Å². The highest BCUT2D eigenvalue weighted by Gasteiger charge is 2.19. The molecule has 0 aliphatic carbocycles. The molecule has 1 rings (SSSR count). The first-order valence-corrected chi connectivity index (χ1v) is 6.46. The second-order valence-electron chi connectivity index (χ2n) is 4.17. The lowest BCUT2D eigenvalue weighted by atomic mass is 9.89. The van der Waals surface area contributed by atoms with Crippen LogP contribution in [0, 0.1) is 0 Å². The molecule has 0 fully saturated rings. The van der Waals surface area contributed by atoms with E-state index in [0.717, 1.165) is 10.9 Å². The van der Waals surface area contributed by atoms with Crippen molar-refractivity contribution in [1.82, 2.24) is 0 Å². The van der Waals surface area contributed by atoms with Gasteiger partial charge in [0.25, 0.3) is 0 Å². The molecule has 3 atom stereocenters. The van der Waals surface area contributed by atoms with Crippen LogP contribution in [0.15, 0.2) is 28.7 Å². The normalized spacial score (nSPS) is 16.8. The van der Waals surface area contributed by atoms with Gasteiger partial charge in [-0.3, -0.25) is 0 Å². The fraction of sp³-hybridized carbons (Fsp3) is 0.538. The molecule has 1 aromatic rings. The van der Waals surface area contributed by atoms with Gasteiger partial charge in [-0.2, -0.15) is 0 Å². The van der Waals surface area contributed by atoms with Crippen molar-refractivity contribution in [2.45, 2.75) is 44.8 Å². The molecule has 90 valence electrons. The molecule has 0 saturated carbocycles. The van der Waals surface area contributed by atoms with Crippen LogP contribution in [0.4, 0.5) is 0 Å². The molecule has 3 unspecified atom stereocenters. The van der Waals surface area contributed by atoms with Crippen LogP contribution in [0.1, 0.15) is 38.2 Å². The summed E-state index contributed by atoms with van der Waals surface area (Å²) in [5.41, 5.74) is 1.20. The maximum Gasteiger partial charge on any atom is 0.0802 e. The van der Waals surface area contributed by atoms with Crippen molar-refractivity contribution in [1.29, 1.82) is 0 Å². The first-order chi connectivity index (χ1) is 7.56. The van der Waals surface area contributed by atoms with Crippen molar-refractivity contribution in [2.75, 3.05) is 0 Å². The predicted molar refractivity (Wildman–Crippen MR) is 69.5 cm³/mol. The van der Waals surface area contributed by atoms with Crippen LogP contribution >= 0.6 is 15.9 Å². The zero-order valence-corrected chi connectivity index (χ0v) is 11.3. The Morgan fingerprint density at radius 2 is 1.88 bits per heavy atom. The van der Waals surface area contributed by atoms with Gasteiger partial charge in [0.2, 0.25) is 0 Å². The molecule has 1 aromatic carbocycles. The van der Waals surface area contributed by atoms with Gasteiger partial charge in [-0.05, 0) is 37.3 Å². The molecule has 2 nitrogen and oxygen atoms in total.